The van der Waals surface area contributed by atoms with Crippen molar-refractivity contribution in [3.63, 3.8) is 0 Å². The lowest BCUT2D eigenvalue weighted by Crippen LogP contribution is -1.97. The van der Waals surface area contributed by atoms with Crippen LogP contribution in [-0.4, -0.2) is 5.78 Å². The van der Waals surface area contributed by atoms with Crippen LogP contribution in [0, 0.1) is 6.92 Å². The number of aryl methyl sites for hydroxylation is 1. The second kappa shape index (κ2) is 7.39. The second-order valence-corrected chi connectivity index (χ2v) is 7.86. The molecular formula is C21H14Cl2O3S. The fourth-order valence-corrected chi connectivity index (χ4v) is 3.87. The number of Topliss-reactive ketones (excluding diaryl/α,β-unsaturated/α-hetero) is 1. The molecule has 0 spiro atoms. The highest BCUT2D eigenvalue weighted by Gasteiger charge is 2.28. The van der Waals surface area contributed by atoms with Crippen molar-refractivity contribution in [2.45, 2.75) is 13.5 Å². The van der Waals surface area contributed by atoms with Crippen molar-refractivity contribution in [2.24, 2.45) is 0 Å². The number of allylic oxidation sites excluding steroid dienone is 1. The summed E-state index contributed by atoms with van der Waals surface area (Å²) < 4.78 is 11.6. The summed E-state index contributed by atoms with van der Waals surface area (Å²) >= 11 is 13.5. The number of fused-ring (bicyclic) bond motifs is 1. The fourth-order valence-electron chi connectivity index (χ4n) is 2.70. The molecule has 1 aliphatic heterocycles. The van der Waals surface area contributed by atoms with Crippen LogP contribution in [0.2, 0.25) is 10.0 Å². The summed E-state index contributed by atoms with van der Waals surface area (Å²) in [4.78, 5) is 13.6. The van der Waals surface area contributed by atoms with Gasteiger partial charge in [0.15, 0.2) is 5.76 Å². The number of hydrogen-bond acceptors (Lipinski definition) is 4. The molecule has 0 saturated heterocycles. The molecule has 136 valence electrons. The number of carbonyl (C=O) groups is 1. The predicted octanol–water partition coefficient (Wildman–Crippen LogP) is 6.56. The number of benzene rings is 2. The zero-order valence-corrected chi connectivity index (χ0v) is 16.6. The maximum atomic E-state index is 12.5. The normalized spacial score (nSPS) is 14.3. The Morgan fingerprint density at radius 2 is 1.96 bits per heavy atom. The van der Waals surface area contributed by atoms with E-state index in [1.165, 1.54) is 0 Å². The van der Waals surface area contributed by atoms with Gasteiger partial charge in [0.1, 0.15) is 18.1 Å². The minimum atomic E-state index is -0.117. The van der Waals surface area contributed by atoms with Crippen LogP contribution in [0.1, 0.15) is 26.4 Å². The Morgan fingerprint density at radius 1 is 1.11 bits per heavy atom. The monoisotopic (exact) mass is 416 g/mol. The summed E-state index contributed by atoms with van der Waals surface area (Å²) in [5.74, 6) is 1.33. The van der Waals surface area contributed by atoms with Gasteiger partial charge >= 0.3 is 0 Å². The molecule has 0 N–H and O–H groups in total. The molecule has 2 aromatic carbocycles. The number of ether oxygens (including phenoxy) is 2. The molecule has 2 heterocycles. The smallest absolute Gasteiger partial charge is 0.232 e. The van der Waals surface area contributed by atoms with Crippen molar-refractivity contribution in [1.82, 2.24) is 0 Å². The molecule has 0 atom stereocenters. The quantitative estimate of drug-likeness (QED) is 0.451. The highest BCUT2D eigenvalue weighted by atomic mass is 35.5. The van der Waals surface area contributed by atoms with E-state index in [1.54, 1.807) is 47.7 Å². The summed E-state index contributed by atoms with van der Waals surface area (Å²) in [6.07, 6.45) is 1.79. The average molecular weight is 417 g/mol. The third kappa shape index (κ3) is 3.74. The Morgan fingerprint density at radius 3 is 2.70 bits per heavy atom. The molecule has 27 heavy (non-hydrogen) atoms. The van der Waals surface area contributed by atoms with E-state index in [1.807, 2.05) is 24.4 Å². The summed E-state index contributed by atoms with van der Waals surface area (Å²) in [6, 6.07) is 12.6. The number of halogens is 2. The van der Waals surface area contributed by atoms with Crippen LogP contribution < -0.4 is 9.47 Å². The first-order valence-corrected chi connectivity index (χ1v) is 9.84. The van der Waals surface area contributed by atoms with Crippen molar-refractivity contribution < 1.29 is 14.3 Å². The minimum absolute atomic E-state index is 0.117. The summed E-state index contributed by atoms with van der Waals surface area (Å²) in [5.41, 5.74) is 2.55. The van der Waals surface area contributed by atoms with E-state index in [9.17, 15) is 4.79 Å². The first kappa shape index (κ1) is 18.1. The van der Waals surface area contributed by atoms with Gasteiger partial charge in [0.25, 0.3) is 0 Å². The van der Waals surface area contributed by atoms with E-state index >= 15 is 0 Å². The van der Waals surface area contributed by atoms with Gasteiger partial charge in [-0.25, -0.2) is 0 Å². The van der Waals surface area contributed by atoms with Crippen molar-refractivity contribution in [2.75, 3.05) is 0 Å². The van der Waals surface area contributed by atoms with Crippen molar-refractivity contribution in [3.8, 4) is 11.5 Å². The van der Waals surface area contributed by atoms with Gasteiger partial charge in [-0.2, -0.15) is 0 Å². The Balaban J connectivity index is 1.51. The molecule has 0 bridgehead atoms. The number of thiophene rings is 1. The van der Waals surface area contributed by atoms with Crippen LogP contribution in [0.4, 0.5) is 0 Å². The predicted molar refractivity (Wildman–Crippen MR) is 109 cm³/mol. The third-order valence-electron chi connectivity index (χ3n) is 4.19. The SMILES string of the molecule is Cc1ccsc1/C=C1\Oc2cc(OCc3ccc(Cl)c(Cl)c3)ccc2C1=O. The van der Waals surface area contributed by atoms with Gasteiger partial charge in [0, 0.05) is 17.0 Å². The molecule has 0 saturated carbocycles. The topological polar surface area (TPSA) is 35.5 Å². The van der Waals surface area contributed by atoms with Crippen LogP contribution in [0.15, 0.2) is 53.6 Å². The Kier molecular flexibility index (Phi) is 4.96. The van der Waals surface area contributed by atoms with Crippen molar-refractivity contribution in [1.29, 1.82) is 0 Å². The highest BCUT2D eigenvalue weighted by molar-refractivity contribution is 7.11. The summed E-state index contributed by atoms with van der Waals surface area (Å²) in [7, 11) is 0. The van der Waals surface area contributed by atoms with Gasteiger partial charge in [-0.05, 0) is 53.8 Å². The largest absolute Gasteiger partial charge is 0.489 e. The zero-order chi connectivity index (χ0) is 19.0. The summed E-state index contributed by atoms with van der Waals surface area (Å²) in [6.45, 7) is 2.34. The van der Waals surface area contributed by atoms with Crippen LogP contribution in [0.25, 0.3) is 6.08 Å². The first-order chi connectivity index (χ1) is 13.0. The second-order valence-electron chi connectivity index (χ2n) is 6.10. The molecule has 3 aromatic rings. The maximum absolute atomic E-state index is 12.5. The molecule has 0 unspecified atom stereocenters. The van der Waals surface area contributed by atoms with Gasteiger partial charge in [0.05, 0.1) is 15.6 Å². The van der Waals surface area contributed by atoms with E-state index in [0.717, 1.165) is 16.0 Å². The van der Waals surface area contributed by atoms with E-state index in [0.29, 0.717) is 39.5 Å². The third-order valence-corrected chi connectivity index (χ3v) is 5.90. The zero-order valence-electron chi connectivity index (χ0n) is 14.3. The molecule has 0 aliphatic carbocycles. The highest BCUT2D eigenvalue weighted by Crippen LogP contribution is 2.36. The van der Waals surface area contributed by atoms with Crippen LogP contribution in [0.3, 0.4) is 0 Å². The van der Waals surface area contributed by atoms with Crippen LogP contribution >= 0.6 is 34.5 Å². The lowest BCUT2D eigenvalue weighted by atomic mass is 10.1. The Labute approximate surface area is 170 Å². The molecule has 6 heteroatoms. The first-order valence-electron chi connectivity index (χ1n) is 8.20. The molecular weight excluding hydrogens is 403 g/mol. The molecule has 1 aliphatic rings. The molecule has 0 radical (unpaired) electrons. The summed E-state index contributed by atoms with van der Waals surface area (Å²) in [5, 5.41) is 2.98. The van der Waals surface area contributed by atoms with E-state index < -0.39 is 0 Å². The molecule has 3 nitrogen and oxygen atoms in total. The van der Waals surface area contributed by atoms with Crippen molar-refractivity contribution in [3.05, 3.63) is 85.2 Å². The van der Waals surface area contributed by atoms with Gasteiger partial charge in [0.2, 0.25) is 5.78 Å². The van der Waals surface area contributed by atoms with Crippen LogP contribution in [-0.2, 0) is 6.61 Å². The number of carbonyl (C=O) groups excluding carboxylic acids is 1. The van der Waals surface area contributed by atoms with Gasteiger partial charge in [-0.1, -0.05) is 29.3 Å². The average Bonchev–Trinajstić information content (AvgIpc) is 3.19. The molecule has 0 amide bonds. The molecule has 1 aromatic heterocycles. The lowest BCUT2D eigenvalue weighted by molar-refractivity contribution is 0.101. The Hall–Kier alpha value is -2.27. The molecule has 0 fully saturated rings. The minimum Gasteiger partial charge on any atom is -0.489 e. The van der Waals surface area contributed by atoms with Crippen molar-refractivity contribution >= 4 is 46.4 Å². The van der Waals surface area contributed by atoms with Gasteiger partial charge < -0.3 is 9.47 Å². The number of ketones is 1. The Bertz CT molecular complexity index is 1070. The fraction of sp³-hybridized carbons (Fsp3) is 0.0952. The van der Waals surface area contributed by atoms with Crippen LogP contribution in [0.5, 0.6) is 11.5 Å². The van der Waals surface area contributed by atoms with E-state index in [-0.39, 0.29) is 5.78 Å². The molecule has 4 rings (SSSR count). The lowest BCUT2D eigenvalue weighted by Gasteiger charge is -2.08. The van der Waals surface area contributed by atoms with Gasteiger partial charge in [-0.15, -0.1) is 11.3 Å². The van der Waals surface area contributed by atoms with Gasteiger partial charge in [-0.3, -0.25) is 4.79 Å². The maximum Gasteiger partial charge on any atom is 0.232 e. The number of rotatable bonds is 4. The standard InChI is InChI=1S/C21H14Cl2O3S/c1-12-6-7-27-20(12)10-19-21(24)15-4-3-14(9-18(15)26-19)25-11-13-2-5-16(22)17(23)8-13/h2-10H,11H2,1H3/b19-10-. The van der Waals surface area contributed by atoms with E-state index in [2.05, 4.69) is 0 Å². The van der Waals surface area contributed by atoms with E-state index in [4.69, 9.17) is 32.7 Å². The number of hydrogen-bond donors (Lipinski definition) is 0.